The van der Waals surface area contributed by atoms with E-state index >= 15 is 0 Å². The number of carbonyl (C=O) groups is 3. The largest absolute Gasteiger partial charge is 0.782 e. The fraction of sp³-hybridized carbons (Fsp3) is 0.438. The van der Waals surface area contributed by atoms with Gasteiger partial charge in [-0.25, -0.2) is 0 Å². The summed E-state index contributed by atoms with van der Waals surface area (Å²) in [4.78, 5) is 35.2. The molecule has 0 aliphatic heterocycles. The predicted octanol–water partition coefficient (Wildman–Crippen LogP) is 0.787. The minimum Gasteiger partial charge on any atom is -0.782 e. The van der Waals surface area contributed by atoms with Crippen molar-refractivity contribution >= 4 is 43.2 Å². The minimum absolute atomic E-state index is 0.186. The third-order valence-electron chi connectivity index (χ3n) is 3.10. The van der Waals surface area contributed by atoms with Gasteiger partial charge in [0.2, 0.25) is 0 Å². The Kier molecular flexibility index (Phi) is 8.64. The van der Waals surface area contributed by atoms with Crippen molar-refractivity contribution in [3.8, 4) is 11.5 Å². The van der Waals surface area contributed by atoms with Gasteiger partial charge in [-0.1, -0.05) is 23.6 Å². The van der Waals surface area contributed by atoms with Crippen molar-refractivity contribution in [1.29, 1.82) is 0 Å². The maximum absolute atomic E-state index is 12.6. The molecule has 9 heteroatoms. The van der Waals surface area contributed by atoms with Crippen LogP contribution in [0.4, 0.5) is 0 Å². The van der Waals surface area contributed by atoms with Gasteiger partial charge in [0.1, 0.15) is 18.6 Å². The number of methoxy groups -OCH3 is 1. The Labute approximate surface area is 156 Å². The van der Waals surface area contributed by atoms with Crippen LogP contribution in [0, 0.1) is 5.41 Å². The summed E-state index contributed by atoms with van der Waals surface area (Å²) in [6.45, 7) is 0.723. The van der Waals surface area contributed by atoms with E-state index in [4.69, 9.17) is 18.9 Å². The molecule has 0 aliphatic rings. The molecule has 7 nitrogen and oxygen atoms in total. The maximum Gasteiger partial charge on any atom is 0.324 e. The van der Waals surface area contributed by atoms with Gasteiger partial charge < -0.3 is 44.2 Å². The predicted molar refractivity (Wildman–Crippen MR) is 93.1 cm³/mol. The van der Waals surface area contributed by atoms with Gasteiger partial charge in [-0.3, -0.25) is 14.4 Å². The van der Waals surface area contributed by atoms with Crippen molar-refractivity contribution in [3.05, 3.63) is 24.3 Å². The molecule has 0 bridgehead atoms. The first-order valence-electron chi connectivity index (χ1n) is 7.19. The molecule has 1 rings (SSSR count). The van der Waals surface area contributed by atoms with Crippen LogP contribution >= 0.6 is 0 Å². The van der Waals surface area contributed by atoms with Crippen LogP contribution in [0.15, 0.2) is 24.3 Å². The summed E-state index contributed by atoms with van der Waals surface area (Å²) in [5.74, 6) is -2.07. The summed E-state index contributed by atoms with van der Waals surface area (Å²) in [5.41, 5.74) is -1.43. The molecule has 0 N–H and O–H groups in total. The number of esters is 3. The molecule has 0 spiro atoms. The van der Waals surface area contributed by atoms with Crippen molar-refractivity contribution in [2.24, 2.45) is 5.41 Å². The van der Waals surface area contributed by atoms with E-state index in [0.717, 1.165) is 0 Å². The molecular formula is C16H18O7S2-2. The molecular weight excluding hydrogens is 368 g/mol. The Morgan fingerprint density at radius 2 is 1.44 bits per heavy atom. The summed E-state index contributed by atoms with van der Waals surface area (Å²) >= 11 is 9.17. The second kappa shape index (κ2) is 10.2. The summed E-state index contributed by atoms with van der Waals surface area (Å²) in [6.07, 6.45) is 0. The lowest BCUT2D eigenvalue weighted by Gasteiger charge is -2.27. The molecule has 0 saturated carbocycles. The van der Waals surface area contributed by atoms with Crippen LogP contribution in [0.3, 0.4) is 0 Å². The molecule has 0 fully saturated rings. The number of hydrogen-bond acceptors (Lipinski definition) is 9. The molecule has 1 aromatic carbocycles. The number of rotatable bonds is 9. The first-order valence-corrected chi connectivity index (χ1v) is 8.34. The summed E-state index contributed by atoms with van der Waals surface area (Å²) in [7, 11) is 1.43. The van der Waals surface area contributed by atoms with Gasteiger partial charge in [-0.15, -0.1) is 0 Å². The standard InChI is InChI=1S/C16H20O7S2/c1-16(9-21-13(17)7-24,10-22-14(18)8-25)15(19)23-12-6-4-3-5-11(12)20-2/h3-6,24-25H,7-10H2,1-2H3/p-2. The number of para-hydroxylation sites is 2. The van der Waals surface area contributed by atoms with E-state index in [-0.39, 0.29) is 30.5 Å². The third kappa shape index (κ3) is 6.50. The van der Waals surface area contributed by atoms with E-state index in [1.807, 2.05) is 0 Å². The van der Waals surface area contributed by atoms with Crippen LogP contribution in [0.2, 0.25) is 0 Å². The molecule has 0 saturated heterocycles. The fourth-order valence-corrected chi connectivity index (χ4v) is 1.82. The van der Waals surface area contributed by atoms with E-state index in [1.54, 1.807) is 24.3 Å². The van der Waals surface area contributed by atoms with E-state index in [9.17, 15) is 14.4 Å². The molecule has 138 valence electrons. The summed E-state index contributed by atoms with van der Waals surface area (Å²) in [6, 6.07) is 6.54. The first-order chi connectivity index (χ1) is 11.9. The van der Waals surface area contributed by atoms with Crippen molar-refractivity contribution in [3.63, 3.8) is 0 Å². The van der Waals surface area contributed by atoms with E-state index in [1.165, 1.54) is 14.0 Å². The van der Waals surface area contributed by atoms with Crippen LogP contribution in [0.5, 0.6) is 11.5 Å². The van der Waals surface area contributed by atoms with E-state index in [2.05, 4.69) is 25.3 Å². The van der Waals surface area contributed by atoms with Crippen molar-refractivity contribution in [2.75, 3.05) is 31.8 Å². The lowest BCUT2D eigenvalue weighted by atomic mass is 9.93. The summed E-state index contributed by atoms with van der Waals surface area (Å²) < 4.78 is 20.3. The second-order valence-corrected chi connectivity index (χ2v) is 5.79. The van der Waals surface area contributed by atoms with Gasteiger partial charge in [0.15, 0.2) is 11.5 Å². The van der Waals surface area contributed by atoms with Gasteiger partial charge in [0.05, 0.1) is 7.11 Å². The SMILES string of the molecule is COc1ccccc1OC(=O)C(C)(COC(=O)C[S-])COC(=O)C[S-]. The molecule has 0 amide bonds. The lowest BCUT2D eigenvalue weighted by Crippen LogP contribution is -2.42. The van der Waals surface area contributed by atoms with Crippen LogP contribution in [0.25, 0.3) is 0 Å². The highest BCUT2D eigenvalue weighted by Crippen LogP contribution is 2.29. The Bertz CT molecular complexity index is 598. The highest BCUT2D eigenvalue weighted by Gasteiger charge is 2.39. The first kappa shape index (κ1) is 21.2. The third-order valence-corrected chi connectivity index (χ3v) is 3.58. The smallest absolute Gasteiger partial charge is 0.324 e. The van der Waals surface area contributed by atoms with E-state index < -0.39 is 23.3 Å². The fourth-order valence-electron chi connectivity index (χ4n) is 1.65. The number of benzene rings is 1. The monoisotopic (exact) mass is 386 g/mol. The Balaban J connectivity index is 2.93. The quantitative estimate of drug-likeness (QED) is 0.347. The van der Waals surface area contributed by atoms with E-state index in [0.29, 0.717) is 5.75 Å². The molecule has 0 aromatic heterocycles. The minimum atomic E-state index is -1.43. The van der Waals surface area contributed by atoms with Crippen LogP contribution < -0.4 is 9.47 Å². The molecule has 0 aliphatic carbocycles. The van der Waals surface area contributed by atoms with Crippen LogP contribution in [-0.2, 0) is 49.1 Å². The zero-order valence-corrected chi connectivity index (χ0v) is 15.4. The van der Waals surface area contributed by atoms with Gasteiger partial charge in [-0.05, 0) is 19.1 Å². The second-order valence-electron chi connectivity index (χ2n) is 5.21. The molecule has 0 unspecified atom stereocenters. The van der Waals surface area contributed by atoms with Crippen LogP contribution in [0.1, 0.15) is 6.92 Å². The highest BCUT2D eigenvalue weighted by atomic mass is 32.1. The van der Waals surface area contributed by atoms with Crippen molar-refractivity contribution < 1.29 is 33.3 Å². The van der Waals surface area contributed by atoms with Crippen molar-refractivity contribution in [2.45, 2.75) is 6.92 Å². The molecule has 25 heavy (non-hydrogen) atoms. The average Bonchev–Trinajstić information content (AvgIpc) is 2.64. The average molecular weight is 386 g/mol. The molecule has 1 aromatic rings. The van der Waals surface area contributed by atoms with Crippen LogP contribution in [-0.4, -0.2) is 49.7 Å². The maximum atomic E-state index is 12.6. The molecule has 0 radical (unpaired) electrons. The Morgan fingerprint density at radius 1 is 0.960 bits per heavy atom. The summed E-state index contributed by atoms with van der Waals surface area (Å²) in [5, 5.41) is 0. The molecule has 0 atom stereocenters. The zero-order valence-electron chi connectivity index (χ0n) is 13.8. The van der Waals surface area contributed by atoms with Gasteiger partial charge in [0, 0.05) is 0 Å². The Hall–Kier alpha value is -1.87. The normalized spacial score (nSPS) is 10.7. The van der Waals surface area contributed by atoms with Gasteiger partial charge in [0.25, 0.3) is 11.9 Å². The Morgan fingerprint density at radius 3 is 1.88 bits per heavy atom. The van der Waals surface area contributed by atoms with Crippen molar-refractivity contribution in [1.82, 2.24) is 0 Å². The van der Waals surface area contributed by atoms with Gasteiger partial charge in [-0.2, -0.15) is 0 Å². The zero-order chi connectivity index (χ0) is 18.9. The van der Waals surface area contributed by atoms with Gasteiger partial charge >= 0.3 is 5.97 Å². The number of ether oxygens (including phenoxy) is 4. The molecule has 0 heterocycles. The number of hydrogen-bond donors (Lipinski definition) is 0. The lowest BCUT2D eigenvalue weighted by molar-refractivity contribution is -0.162. The number of carbonyl (C=O) groups excluding carboxylic acids is 3. The topological polar surface area (TPSA) is 88.1 Å². The highest BCUT2D eigenvalue weighted by molar-refractivity contribution is 7.59.